The van der Waals surface area contributed by atoms with Crippen molar-refractivity contribution in [3.63, 3.8) is 0 Å². The Morgan fingerprint density at radius 2 is 2.10 bits per heavy atom. The minimum atomic E-state index is -4.61. The predicted molar refractivity (Wildman–Crippen MR) is 103 cm³/mol. The molecule has 0 saturated carbocycles. The number of nitrogens with zero attached hydrogens (tertiary/aromatic N) is 5. The van der Waals surface area contributed by atoms with Crippen LogP contribution in [0.15, 0.2) is 36.1 Å². The highest BCUT2D eigenvalue weighted by molar-refractivity contribution is 7.13. The van der Waals surface area contributed by atoms with Gasteiger partial charge >= 0.3 is 12.3 Å². The van der Waals surface area contributed by atoms with Crippen LogP contribution in [0, 0.1) is 6.92 Å². The Morgan fingerprint density at radius 3 is 2.77 bits per heavy atom. The summed E-state index contributed by atoms with van der Waals surface area (Å²) in [6.45, 7) is 1.58. The lowest BCUT2D eigenvalue weighted by Gasteiger charge is -2.09. The van der Waals surface area contributed by atoms with Gasteiger partial charge in [-0.1, -0.05) is 11.6 Å². The number of alkyl halides is 3. The molecule has 0 fully saturated rings. The molecule has 1 N–H and O–H groups in total. The number of pyridine rings is 1. The number of rotatable bonds is 3. The fourth-order valence-electron chi connectivity index (χ4n) is 2.61. The highest BCUT2D eigenvalue weighted by atomic mass is 35.5. The van der Waals surface area contributed by atoms with Crippen molar-refractivity contribution < 1.29 is 22.7 Å². The zero-order valence-electron chi connectivity index (χ0n) is 14.9. The summed E-state index contributed by atoms with van der Waals surface area (Å²) in [5.41, 5.74) is 1.53. The lowest BCUT2D eigenvalue weighted by atomic mass is 10.2. The summed E-state index contributed by atoms with van der Waals surface area (Å²) < 4.78 is 45.7. The van der Waals surface area contributed by atoms with Crippen LogP contribution in [0.4, 0.5) is 18.0 Å². The molecule has 0 spiro atoms. The molecule has 4 rings (SSSR count). The van der Waals surface area contributed by atoms with Crippen LogP contribution < -0.4 is 10.2 Å². The Balaban J connectivity index is 1.56. The lowest BCUT2D eigenvalue weighted by Crippen LogP contribution is -2.26. The van der Waals surface area contributed by atoms with Crippen molar-refractivity contribution in [2.75, 3.05) is 5.43 Å². The topological polar surface area (TPSA) is 94.8 Å². The minimum absolute atomic E-state index is 0.0272. The molecule has 4 heterocycles. The van der Waals surface area contributed by atoms with Gasteiger partial charge in [0, 0.05) is 23.2 Å². The maximum Gasteiger partial charge on any atom is 0.432 e. The number of hydrogen-bond donors (Lipinski definition) is 1. The monoisotopic (exact) mass is 454 g/mol. The summed E-state index contributed by atoms with van der Waals surface area (Å²) in [4.78, 5) is 28.5. The zero-order chi connectivity index (χ0) is 21.5. The average Bonchev–Trinajstić information content (AvgIpc) is 3.27. The summed E-state index contributed by atoms with van der Waals surface area (Å²) in [5.74, 6) is 0.326. The van der Waals surface area contributed by atoms with Gasteiger partial charge in [0.2, 0.25) is 0 Å². The standard InChI is InChI=1S/C17H10ClF3N6O2S/c1-8-11(5-23-13(24-8)15-25-12(18)7-30-15)29-16(28)26-27-6-10(17(19,20)21)9-3-2-4-22-14(9)27/h2-7H,1H3,(H,26,28). The number of ether oxygens (including phenoxy) is 1. The Morgan fingerprint density at radius 1 is 1.30 bits per heavy atom. The maximum atomic E-state index is 13.2. The van der Waals surface area contributed by atoms with Crippen molar-refractivity contribution >= 4 is 40.1 Å². The van der Waals surface area contributed by atoms with Crippen molar-refractivity contribution in [2.24, 2.45) is 0 Å². The van der Waals surface area contributed by atoms with E-state index < -0.39 is 17.8 Å². The van der Waals surface area contributed by atoms with Gasteiger partial charge in [0.05, 0.1) is 17.5 Å². The number of thiazole rings is 1. The van der Waals surface area contributed by atoms with Crippen LogP contribution in [0.2, 0.25) is 5.15 Å². The molecular weight excluding hydrogens is 445 g/mol. The van der Waals surface area contributed by atoms with Crippen molar-refractivity contribution in [3.8, 4) is 16.6 Å². The predicted octanol–water partition coefficient (Wildman–Crippen LogP) is 4.67. The fraction of sp³-hybridized carbons (Fsp3) is 0.118. The van der Waals surface area contributed by atoms with E-state index >= 15 is 0 Å². The third-order valence-electron chi connectivity index (χ3n) is 3.88. The van der Waals surface area contributed by atoms with Gasteiger partial charge in [-0.15, -0.1) is 11.3 Å². The van der Waals surface area contributed by atoms with Crippen LogP contribution in [0.1, 0.15) is 11.3 Å². The molecular formula is C17H10ClF3N6O2S. The smallest absolute Gasteiger partial charge is 0.406 e. The Kier molecular flexibility index (Phi) is 5.03. The first-order chi connectivity index (χ1) is 14.2. The molecule has 0 aliphatic carbocycles. The number of halogens is 4. The molecule has 0 atom stereocenters. The molecule has 4 aromatic heterocycles. The van der Waals surface area contributed by atoms with E-state index in [4.69, 9.17) is 16.3 Å². The van der Waals surface area contributed by atoms with Gasteiger partial charge in [0.1, 0.15) is 5.15 Å². The fourth-order valence-corrected chi connectivity index (χ4v) is 3.49. The Hall–Kier alpha value is -3.25. The first kappa shape index (κ1) is 20.0. The maximum absolute atomic E-state index is 13.2. The molecule has 0 radical (unpaired) electrons. The van der Waals surface area contributed by atoms with Crippen LogP contribution >= 0.6 is 22.9 Å². The molecule has 13 heteroatoms. The number of carbonyl (C=O) groups excluding carboxylic acids is 1. The summed E-state index contributed by atoms with van der Waals surface area (Å²) >= 11 is 7.03. The zero-order valence-corrected chi connectivity index (χ0v) is 16.5. The average molecular weight is 455 g/mol. The third kappa shape index (κ3) is 3.91. The van der Waals surface area contributed by atoms with E-state index in [1.54, 1.807) is 12.3 Å². The second-order valence-corrected chi connectivity index (χ2v) is 7.15. The highest BCUT2D eigenvalue weighted by Crippen LogP contribution is 2.35. The molecule has 8 nitrogen and oxygen atoms in total. The van der Waals surface area contributed by atoms with Crippen molar-refractivity contribution in [2.45, 2.75) is 13.1 Å². The Bertz CT molecular complexity index is 1260. The van der Waals surface area contributed by atoms with E-state index in [-0.39, 0.29) is 16.8 Å². The van der Waals surface area contributed by atoms with Crippen molar-refractivity contribution in [3.05, 3.63) is 52.5 Å². The normalized spacial score (nSPS) is 11.6. The SMILES string of the molecule is Cc1nc(-c2nc(Cl)cs2)ncc1OC(=O)Nn1cc(C(F)(F)F)c2cccnc21. The molecule has 4 aromatic rings. The number of nitrogens with one attached hydrogen (secondary N) is 1. The molecule has 0 aromatic carbocycles. The summed E-state index contributed by atoms with van der Waals surface area (Å²) in [6.07, 6.45) is -2.34. The molecule has 0 aliphatic rings. The second kappa shape index (κ2) is 7.54. The molecule has 0 aliphatic heterocycles. The number of hydrogen-bond acceptors (Lipinski definition) is 7. The van der Waals surface area contributed by atoms with Crippen LogP contribution in [0.3, 0.4) is 0 Å². The molecule has 30 heavy (non-hydrogen) atoms. The first-order valence-corrected chi connectivity index (χ1v) is 9.45. The molecule has 0 bridgehead atoms. The van der Waals surface area contributed by atoms with E-state index in [1.165, 1.54) is 35.9 Å². The largest absolute Gasteiger partial charge is 0.432 e. The van der Waals surface area contributed by atoms with Crippen molar-refractivity contribution in [1.29, 1.82) is 0 Å². The molecule has 154 valence electrons. The molecule has 0 unspecified atom stereocenters. The highest BCUT2D eigenvalue weighted by Gasteiger charge is 2.35. The van der Waals surface area contributed by atoms with Gasteiger partial charge in [0.15, 0.2) is 22.2 Å². The number of amides is 1. The summed E-state index contributed by atoms with van der Waals surface area (Å²) in [5, 5.41) is 2.26. The van der Waals surface area contributed by atoms with E-state index in [0.717, 1.165) is 10.9 Å². The van der Waals surface area contributed by atoms with E-state index in [0.29, 0.717) is 21.7 Å². The number of fused-ring (bicyclic) bond motifs is 1. The van der Waals surface area contributed by atoms with Gasteiger partial charge in [-0.3, -0.25) is 0 Å². The van der Waals surface area contributed by atoms with Crippen LogP contribution in [-0.4, -0.2) is 30.7 Å². The summed E-state index contributed by atoms with van der Waals surface area (Å²) in [6, 6.07) is 2.63. The Labute approximate surface area is 175 Å². The van der Waals surface area contributed by atoms with E-state index in [9.17, 15) is 18.0 Å². The van der Waals surface area contributed by atoms with Gasteiger partial charge in [-0.05, 0) is 19.1 Å². The second-order valence-electron chi connectivity index (χ2n) is 5.91. The van der Waals surface area contributed by atoms with Gasteiger partial charge < -0.3 is 4.74 Å². The minimum Gasteiger partial charge on any atom is -0.406 e. The third-order valence-corrected chi connectivity index (χ3v) is 5.05. The number of carbonyl (C=O) groups is 1. The first-order valence-electron chi connectivity index (χ1n) is 8.19. The quantitative estimate of drug-likeness (QED) is 0.483. The van der Waals surface area contributed by atoms with Gasteiger partial charge in [-0.25, -0.2) is 34.8 Å². The van der Waals surface area contributed by atoms with Crippen molar-refractivity contribution in [1.82, 2.24) is 24.6 Å². The molecule has 1 amide bonds. The van der Waals surface area contributed by atoms with Gasteiger partial charge in [0.25, 0.3) is 0 Å². The number of aryl methyl sites for hydroxylation is 1. The summed E-state index contributed by atoms with van der Waals surface area (Å²) in [7, 11) is 0. The van der Waals surface area contributed by atoms with Crippen LogP contribution in [0.5, 0.6) is 5.75 Å². The molecule has 0 saturated heterocycles. The van der Waals surface area contributed by atoms with Crippen LogP contribution in [0.25, 0.3) is 21.9 Å². The number of aromatic nitrogens is 5. The lowest BCUT2D eigenvalue weighted by molar-refractivity contribution is -0.136. The van der Waals surface area contributed by atoms with E-state index in [1.807, 2.05) is 0 Å². The van der Waals surface area contributed by atoms with Crippen LogP contribution in [-0.2, 0) is 6.18 Å². The van der Waals surface area contributed by atoms with E-state index in [2.05, 4.69) is 25.4 Å². The van der Waals surface area contributed by atoms with Gasteiger partial charge in [-0.2, -0.15) is 13.2 Å².